The molecule has 0 saturated heterocycles. The Labute approximate surface area is 137 Å². The Bertz CT molecular complexity index is 619. The quantitative estimate of drug-likeness (QED) is 0.846. The lowest BCUT2D eigenvalue weighted by molar-refractivity contribution is 0.402. The number of hydrogen-bond acceptors (Lipinski definition) is 4. The van der Waals surface area contributed by atoms with E-state index in [9.17, 15) is 0 Å². The van der Waals surface area contributed by atoms with Gasteiger partial charge < -0.3 is 10.5 Å². The van der Waals surface area contributed by atoms with Gasteiger partial charge in [0.2, 0.25) is 0 Å². The summed E-state index contributed by atoms with van der Waals surface area (Å²) in [5, 5.41) is 3.30. The summed E-state index contributed by atoms with van der Waals surface area (Å²) in [7, 11) is 1.74. The topological polar surface area (TPSA) is 48.1 Å². The second-order valence-electron chi connectivity index (χ2n) is 6.24. The maximum atomic E-state index is 5.62. The molecule has 22 heavy (non-hydrogen) atoms. The van der Waals surface area contributed by atoms with Gasteiger partial charge in [-0.3, -0.25) is 0 Å². The predicted octanol–water partition coefficient (Wildman–Crippen LogP) is 3.74. The van der Waals surface area contributed by atoms with Crippen molar-refractivity contribution < 1.29 is 4.74 Å². The third-order valence-electron chi connectivity index (χ3n) is 3.92. The van der Waals surface area contributed by atoms with E-state index in [-0.39, 0.29) is 5.41 Å². The highest BCUT2D eigenvalue weighted by atomic mass is 32.1. The first kappa shape index (κ1) is 17.0. The number of nitrogens with zero attached hydrogens (tertiary/aromatic N) is 1. The summed E-state index contributed by atoms with van der Waals surface area (Å²) in [5.74, 6) is 0.962. The maximum Gasteiger partial charge on any atom is 0.122 e. The van der Waals surface area contributed by atoms with E-state index in [4.69, 9.17) is 15.5 Å². The highest BCUT2D eigenvalue weighted by Gasteiger charge is 2.26. The zero-order valence-electron chi connectivity index (χ0n) is 14.0. The van der Waals surface area contributed by atoms with Crippen molar-refractivity contribution in [3.63, 3.8) is 0 Å². The normalized spacial score (nSPS) is 11.7. The van der Waals surface area contributed by atoms with Crippen LogP contribution in [0.1, 0.15) is 42.6 Å². The number of rotatable bonds is 7. The number of thiazole rings is 1. The Kier molecular flexibility index (Phi) is 5.59. The number of ether oxygens (including phenoxy) is 1. The highest BCUT2D eigenvalue weighted by molar-refractivity contribution is 7.09. The van der Waals surface area contributed by atoms with E-state index in [1.165, 1.54) is 16.1 Å². The average molecular weight is 318 g/mol. The molecule has 1 aromatic heterocycles. The molecule has 0 atom stereocenters. The van der Waals surface area contributed by atoms with Crippen LogP contribution in [0.25, 0.3) is 0 Å². The van der Waals surface area contributed by atoms with E-state index in [2.05, 4.69) is 44.4 Å². The number of hydrogen-bond donors (Lipinski definition) is 1. The van der Waals surface area contributed by atoms with Gasteiger partial charge in [0, 0.05) is 17.2 Å². The Morgan fingerprint density at radius 1 is 1.32 bits per heavy atom. The number of methoxy groups -OCH3 is 1. The summed E-state index contributed by atoms with van der Waals surface area (Å²) in [6, 6.07) is 6.47. The number of aromatic nitrogens is 1. The van der Waals surface area contributed by atoms with Crippen LogP contribution in [0.2, 0.25) is 0 Å². The molecule has 0 aliphatic heterocycles. The van der Waals surface area contributed by atoms with Crippen molar-refractivity contribution >= 4 is 11.3 Å². The largest absolute Gasteiger partial charge is 0.496 e. The second-order valence-corrected chi connectivity index (χ2v) is 7.10. The molecule has 0 aliphatic carbocycles. The molecule has 0 fully saturated rings. The number of benzene rings is 1. The minimum atomic E-state index is -0.0167. The van der Waals surface area contributed by atoms with E-state index in [0.29, 0.717) is 6.54 Å². The fourth-order valence-corrected chi connectivity index (χ4v) is 3.60. The van der Waals surface area contributed by atoms with Gasteiger partial charge in [-0.1, -0.05) is 32.9 Å². The lowest BCUT2D eigenvalue weighted by Crippen LogP contribution is -2.21. The third-order valence-corrected chi connectivity index (χ3v) is 5.17. The van der Waals surface area contributed by atoms with Crippen LogP contribution in [0, 0.1) is 0 Å². The summed E-state index contributed by atoms with van der Waals surface area (Å²) in [4.78, 5) is 4.76. The molecule has 2 N–H and O–H groups in total. The van der Waals surface area contributed by atoms with Crippen LogP contribution in [0.4, 0.5) is 0 Å². The molecule has 2 rings (SSSR count). The molecule has 0 spiro atoms. The van der Waals surface area contributed by atoms with Crippen LogP contribution in [0.3, 0.4) is 0 Å². The van der Waals surface area contributed by atoms with E-state index >= 15 is 0 Å². The molecule has 0 amide bonds. The molecule has 2 aromatic rings. The van der Waals surface area contributed by atoms with Gasteiger partial charge in [-0.05, 0) is 36.6 Å². The van der Waals surface area contributed by atoms with Crippen LogP contribution in [-0.4, -0.2) is 18.6 Å². The van der Waals surface area contributed by atoms with Gasteiger partial charge in [-0.15, -0.1) is 11.3 Å². The summed E-state index contributed by atoms with van der Waals surface area (Å²) >= 11 is 1.73. The molecule has 120 valence electrons. The Hall–Kier alpha value is -1.39. The molecule has 1 aromatic carbocycles. The summed E-state index contributed by atoms with van der Waals surface area (Å²) in [6.07, 6.45) is 2.80. The van der Waals surface area contributed by atoms with E-state index < -0.39 is 0 Å². The first-order valence-electron chi connectivity index (χ1n) is 7.81. The van der Waals surface area contributed by atoms with Crippen LogP contribution in [0.5, 0.6) is 5.75 Å². The van der Waals surface area contributed by atoms with Crippen molar-refractivity contribution in [2.24, 2.45) is 5.73 Å². The van der Waals surface area contributed by atoms with Gasteiger partial charge >= 0.3 is 0 Å². The van der Waals surface area contributed by atoms with Crippen molar-refractivity contribution in [2.75, 3.05) is 13.7 Å². The molecule has 1 heterocycles. The average Bonchev–Trinajstić information content (AvgIpc) is 2.97. The fraction of sp³-hybridized carbons (Fsp3) is 0.500. The fourth-order valence-electron chi connectivity index (χ4n) is 2.62. The van der Waals surface area contributed by atoms with Gasteiger partial charge in [-0.25, -0.2) is 4.98 Å². The maximum absolute atomic E-state index is 5.62. The van der Waals surface area contributed by atoms with Crippen LogP contribution < -0.4 is 10.5 Å². The molecular weight excluding hydrogens is 292 g/mol. The summed E-state index contributed by atoms with van der Waals surface area (Å²) in [6.45, 7) is 7.32. The molecule has 0 saturated carbocycles. The lowest BCUT2D eigenvalue weighted by Gasteiger charge is -2.23. The molecule has 0 aliphatic rings. The number of nitrogens with two attached hydrogens (primary N) is 1. The van der Waals surface area contributed by atoms with Crippen molar-refractivity contribution in [3.8, 4) is 5.75 Å². The van der Waals surface area contributed by atoms with E-state index in [1.807, 2.05) is 0 Å². The van der Waals surface area contributed by atoms with Gasteiger partial charge in [0.15, 0.2) is 0 Å². The molecular formula is C18H26N2OS. The van der Waals surface area contributed by atoms with Crippen molar-refractivity contribution in [2.45, 2.75) is 45.4 Å². The van der Waals surface area contributed by atoms with Crippen molar-refractivity contribution in [1.29, 1.82) is 0 Å². The van der Waals surface area contributed by atoms with Gasteiger partial charge in [0.25, 0.3) is 0 Å². The van der Waals surface area contributed by atoms with Crippen molar-refractivity contribution in [3.05, 3.63) is 45.4 Å². The molecule has 0 radical (unpaired) electrons. The van der Waals surface area contributed by atoms with Gasteiger partial charge in [-0.2, -0.15) is 0 Å². The Balaban J connectivity index is 2.26. The minimum absolute atomic E-state index is 0.0167. The van der Waals surface area contributed by atoms with Crippen molar-refractivity contribution in [1.82, 2.24) is 4.98 Å². The second kappa shape index (κ2) is 7.25. The van der Waals surface area contributed by atoms with Gasteiger partial charge in [0.1, 0.15) is 5.75 Å². The summed E-state index contributed by atoms with van der Waals surface area (Å²) < 4.78 is 5.54. The number of aryl methyl sites for hydroxylation is 1. The zero-order valence-corrected chi connectivity index (χ0v) is 14.8. The Morgan fingerprint density at radius 2 is 2.09 bits per heavy atom. The van der Waals surface area contributed by atoms with Gasteiger partial charge in [0.05, 0.1) is 17.8 Å². The van der Waals surface area contributed by atoms with Crippen LogP contribution >= 0.6 is 11.3 Å². The summed E-state index contributed by atoms with van der Waals surface area (Å²) in [5.41, 5.74) is 9.30. The van der Waals surface area contributed by atoms with E-state index in [0.717, 1.165) is 30.7 Å². The van der Waals surface area contributed by atoms with Crippen LogP contribution in [0.15, 0.2) is 23.6 Å². The standard InChI is InChI=1S/C18H26N2OS/c1-5-13-6-7-16(21-4)14(10-13)11-18(2,3)17-20-15(8-9-19)12-22-17/h6-7,10,12H,5,8-9,11,19H2,1-4H3. The molecule has 3 nitrogen and oxygen atoms in total. The first-order chi connectivity index (χ1) is 10.5. The van der Waals surface area contributed by atoms with E-state index in [1.54, 1.807) is 18.4 Å². The van der Waals surface area contributed by atoms with Crippen LogP contribution in [-0.2, 0) is 24.7 Å². The third kappa shape index (κ3) is 3.87. The first-order valence-corrected chi connectivity index (χ1v) is 8.69. The monoisotopic (exact) mass is 318 g/mol. The highest BCUT2D eigenvalue weighted by Crippen LogP contribution is 2.33. The smallest absolute Gasteiger partial charge is 0.122 e. The Morgan fingerprint density at radius 3 is 2.73 bits per heavy atom. The predicted molar refractivity (Wildman–Crippen MR) is 94.0 cm³/mol. The zero-order chi connectivity index (χ0) is 16.2. The lowest BCUT2D eigenvalue weighted by atomic mass is 9.85. The molecule has 0 bridgehead atoms. The minimum Gasteiger partial charge on any atom is -0.496 e. The SMILES string of the molecule is CCc1ccc(OC)c(CC(C)(C)c2nc(CCN)cs2)c1. The molecule has 4 heteroatoms. The molecule has 0 unspecified atom stereocenters.